The maximum atomic E-state index is 12.4. The van der Waals surface area contributed by atoms with Gasteiger partial charge in [-0.15, -0.1) is 0 Å². The highest BCUT2D eigenvalue weighted by molar-refractivity contribution is 7.89. The molecular weight excluding hydrogens is 240 g/mol. The average Bonchev–Trinajstić information content (AvgIpc) is 2.62. The summed E-state index contributed by atoms with van der Waals surface area (Å²) in [5.74, 6) is 0. The van der Waals surface area contributed by atoms with Crippen LogP contribution in [0.5, 0.6) is 0 Å². The first-order chi connectivity index (χ1) is 7.98. The molecule has 98 valence electrons. The van der Waals surface area contributed by atoms with E-state index in [1.807, 2.05) is 13.8 Å². The Morgan fingerprint density at radius 2 is 1.94 bits per heavy atom. The van der Waals surface area contributed by atoms with Crippen LogP contribution in [0.4, 0.5) is 0 Å². The minimum Gasteiger partial charge on any atom is -0.314 e. The van der Waals surface area contributed by atoms with Crippen molar-refractivity contribution in [3.05, 3.63) is 11.4 Å². The molecule has 0 aliphatic heterocycles. The molecule has 0 aromatic carbocycles. The van der Waals surface area contributed by atoms with Crippen molar-refractivity contribution in [1.29, 1.82) is 0 Å². The number of sulfonamides is 1. The predicted octanol–water partition coefficient (Wildman–Crippen LogP) is 0.468. The van der Waals surface area contributed by atoms with E-state index >= 15 is 0 Å². The van der Waals surface area contributed by atoms with Crippen molar-refractivity contribution in [2.24, 2.45) is 0 Å². The molecule has 1 rings (SSSR count). The van der Waals surface area contributed by atoms with E-state index in [0.717, 1.165) is 0 Å². The molecule has 0 saturated carbocycles. The summed E-state index contributed by atoms with van der Waals surface area (Å²) >= 11 is 0. The first-order valence-electron chi connectivity index (χ1n) is 5.67. The second kappa shape index (κ2) is 5.61. The second-order valence-corrected chi connectivity index (χ2v) is 5.62. The lowest BCUT2D eigenvalue weighted by Crippen LogP contribution is -2.31. The van der Waals surface area contributed by atoms with Crippen LogP contribution in [0.25, 0.3) is 0 Å². The maximum Gasteiger partial charge on any atom is 0.246 e. The van der Waals surface area contributed by atoms with Crippen molar-refractivity contribution in [3.63, 3.8) is 0 Å². The van der Waals surface area contributed by atoms with Crippen LogP contribution in [0.15, 0.2) is 4.90 Å². The van der Waals surface area contributed by atoms with E-state index in [0.29, 0.717) is 35.9 Å². The van der Waals surface area contributed by atoms with Gasteiger partial charge in [0.25, 0.3) is 0 Å². The predicted molar refractivity (Wildman–Crippen MR) is 66.2 cm³/mol. The summed E-state index contributed by atoms with van der Waals surface area (Å²) < 4.78 is 26.3. The monoisotopic (exact) mass is 260 g/mol. The molecule has 0 aliphatic carbocycles. The lowest BCUT2D eigenvalue weighted by atomic mass is 10.4. The van der Waals surface area contributed by atoms with Gasteiger partial charge < -0.3 is 5.32 Å². The van der Waals surface area contributed by atoms with Gasteiger partial charge >= 0.3 is 0 Å². The van der Waals surface area contributed by atoms with Crippen LogP contribution in [-0.4, -0.2) is 43.1 Å². The summed E-state index contributed by atoms with van der Waals surface area (Å²) in [7, 11) is -1.68. The summed E-state index contributed by atoms with van der Waals surface area (Å²) in [5.41, 5.74) is 1.12. The summed E-state index contributed by atoms with van der Waals surface area (Å²) in [5, 5.41) is 9.68. The zero-order valence-corrected chi connectivity index (χ0v) is 11.6. The van der Waals surface area contributed by atoms with Gasteiger partial charge in [-0.2, -0.15) is 9.40 Å². The van der Waals surface area contributed by atoms with E-state index in [-0.39, 0.29) is 0 Å². The van der Waals surface area contributed by atoms with E-state index in [2.05, 4.69) is 15.5 Å². The highest BCUT2D eigenvalue weighted by Crippen LogP contribution is 2.21. The third kappa shape index (κ3) is 2.67. The van der Waals surface area contributed by atoms with Crippen LogP contribution < -0.4 is 5.32 Å². The highest BCUT2D eigenvalue weighted by atomic mass is 32.2. The van der Waals surface area contributed by atoms with Crippen LogP contribution in [0.3, 0.4) is 0 Å². The molecule has 0 radical (unpaired) electrons. The van der Waals surface area contributed by atoms with Gasteiger partial charge in [0, 0.05) is 19.6 Å². The lowest BCUT2D eigenvalue weighted by molar-refractivity contribution is 0.444. The van der Waals surface area contributed by atoms with Crippen LogP contribution in [0.2, 0.25) is 0 Å². The summed E-state index contributed by atoms with van der Waals surface area (Å²) in [6.45, 7) is 6.73. The molecule has 17 heavy (non-hydrogen) atoms. The number of aromatic nitrogens is 2. The van der Waals surface area contributed by atoms with Crippen molar-refractivity contribution in [2.45, 2.75) is 32.2 Å². The van der Waals surface area contributed by atoms with Crippen molar-refractivity contribution >= 4 is 10.0 Å². The number of aromatic amines is 1. The Labute approximate surface area is 102 Å². The molecule has 0 saturated heterocycles. The third-order valence-electron chi connectivity index (χ3n) is 2.61. The summed E-state index contributed by atoms with van der Waals surface area (Å²) in [6, 6.07) is 0. The minimum absolute atomic E-state index is 0.301. The number of aryl methyl sites for hydroxylation is 1. The fourth-order valence-electron chi connectivity index (χ4n) is 1.79. The Bertz CT molecular complexity index is 463. The number of nitrogens with one attached hydrogen (secondary N) is 2. The average molecular weight is 260 g/mol. The van der Waals surface area contributed by atoms with Gasteiger partial charge in [0.2, 0.25) is 10.0 Å². The first kappa shape index (κ1) is 14.1. The minimum atomic E-state index is -3.44. The lowest BCUT2D eigenvalue weighted by Gasteiger charge is -2.18. The van der Waals surface area contributed by atoms with Crippen molar-refractivity contribution < 1.29 is 8.42 Å². The van der Waals surface area contributed by atoms with Gasteiger partial charge in [-0.25, -0.2) is 8.42 Å². The molecule has 0 atom stereocenters. The van der Waals surface area contributed by atoms with E-state index in [4.69, 9.17) is 0 Å². The molecule has 7 heteroatoms. The van der Waals surface area contributed by atoms with Crippen LogP contribution in [0.1, 0.15) is 25.2 Å². The molecule has 6 nitrogen and oxygen atoms in total. The topological polar surface area (TPSA) is 78.1 Å². The Morgan fingerprint density at radius 1 is 1.35 bits per heavy atom. The van der Waals surface area contributed by atoms with Crippen LogP contribution in [-0.2, 0) is 16.6 Å². The Hall–Kier alpha value is -0.920. The van der Waals surface area contributed by atoms with Gasteiger partial charge in [-0.3, -0.25) is 5.10 Å². The first-order valence-corrected chi connectivity index (χ1v) is 7.11. The number of hydrogen-bond acceptors (Lipinski definition) is 4. The number of hydrogen-bond donors (Lipinski definition) is 2. The standard InChI is InChI=1S/C10H20N4O2S/c1-5-14(6-2)17(15,16)10-8(3)12-13-9(10)7-11-4/h11H,5-7H2,1-4H3,(H,12,13). The maximum absolute atomic E-state index is 12.4. The number of nitrogens with zero attached hydrogens (tertiary/aromatic N) is 2. The Kier molecular flexibility index (Phi) is 4.67. The van der Waals surface area contributed by atoms with Gasteiger partial charge in [-0.1, -0.05) is 13.8 Å². The molecule has 0 aliphatic rings. The Morgan fingerprint density at radius 3 is 2.41 bits per heavy atom. The van der Waals surface area contributed by atoms with Gasteiger partial charge in [0.05, 0.1) is 11.4 Å². The molecule has 1 heterocycles. The number of H-pyrrole nitrogens is 1. The molecule has 1 aromatic heterocycles. The van der Waals surface area contributed by atoms with E-state index < -0.39 is 10.0 Å². The van der Waals surface area contributed by atoms with Gasteiger partial charge in [-0.05, 0) is 14.0 Å². The Balaban J connectivity index is 3.26. The van der Waals surface area contributed by atoms with Crippen LogP contribution in [0, 0.1) is 6.92 Å². The fraction of sp³-hybridized carbons (Fsp3) is 0.700. The molecule has 0 amide bonds. The molecule has 0 fully saturated rings. The SMILES string of the molecule is CCN(CC)S(=O)(=O)c1c(CNC)n[nH]c1C. The molecule has 0 unspecified atom stereocenters. The largest absolute Gasteiger partial charge is 0.314 e. The second-order valence-electron chi connectivity index (χ2n) is 3.74. The zero-order chi connectivity index (χ0) is 13.1. The van der Waals surface area contributed by atoms with Crippen molar-refractivity contribution in [1.82, 2.24) is 19.8 Å². The third-order valence-corrected chi connectivity index (χ3v) is 4.86. The molecule has 0 spiro atoms. The van der Waals surface area contributed by atoms with Crippen molar-refractivity contribution in [2.75, 3.05) is 20.1 Å². The smallest absolute Gasteiger partial charge is 0.246 e. The van der Waals surface area contributed by atoms with Gasteiger partial charge in [0.15, 0.2) is 0 Å². The summed E-state index contributed by atoms with van der Waals surface area (Å²) in [6.07, 6.45) is 0. The quantitative estimate of drug-likeness (QED) is 0.779. The number of rotatable bonds is 6. The molecule has 2 N–H and O–H groups in total. The van der Waals surface area contributed by atoms with E-state index in [1.165, 1.54) is 4.31 Å². The molecule has 1 aromatic rings. The van der Waals surface area contributed by atoms with E-state index in [1.54, 1.807) is 14.0 Å². The fourth-order valence-corrected chi connectivity index (χ4v) is 3.58. The zero-order valence-electron chi connectivity index (χ0n) is 10.7. The normalized spacial score (nSPS) is 12.3. The van der Waals surface area contributed by atoms with E-state index in [9.17, 15) is 8.42 Å². The van der Waals surface area contributed by atoms with Gasteiger partial charge in [0.1, 0.15) is 4.90 Å². The highest BCUT2D eigenvalue weighted by Gasteiger charge is 2.28. The van der Waals surface area contributed by atoms with Crippen LogP contribution >= 0.6 is 0 Å². The molecule has 0 bridgehead atoms. The summed E-state index contributed by atoms with van der Waals surface area (Å²) in [4.78, 5) is 0.301. The molecular formula is C10H20N4O2S. The van der Waals surface area contributed by atoms with Crippen molar-refractivity contribution in [3.8, 4) is 0 Å².